The minimum atomic E-state index is -0.662. The lowest BCUT2D eigenvalue weighted by Gasteiger charge is -2.20. The summed E-state index contributed by atoms with van der Waals surface area (Å²) in [5, 5.41) is -0.662. The molecule has 2 rings (SSSR count). The van der Waals surface area contributed by atoms with Crippen molar-refractivity contribution in [3.63, 3.8) is 0 Å². The van der Waals surface area contributed by atoms with E-state index in [1.54, 1.807) is 11.9 Å². The second kappa shape index (κ2) is 7.85. The number of likely N-dealkylation sites (N-methyl/N-ethyl adjacent to an activating group) is 1. The van der Waals surface area contributed by atoms with Crippen molar-refractivity contribution in [3.05, 3.63) is 65.7 Å². The van der Waals surface area contributed by atoms with Crippen molar-refractivity contribution >= 4 is 17.5 Å². The first kappa shape index (κ1) is 16.4. The maximum absolute atomic E-state index is 12.3. The lowest BCUT2D eigenvalue weighted by molar-refractivity contribution is -0.129. The van der Waals surface area contributed by atoms with Gasteiger partial charge in [-0.2, -0.15) is 0 Å². The van der Waals surface area contributed by atoms with Gasteiger partial charge in [0.15, 0.2) is 0 Å². The van der Waals surface area contributed by atoms with Crippen molar-refractivity contribution in [2.45, 2.75) is 12.3 Å². The molecule has 1 unspecified atom stereocenters. The van der Waals surface area contributed by atoms with Gasteiger partial charge < -0.3 is 9.64 Å². The summed E-state index contributed by atoms with van der Waals surface area (Å²) < 4.78 is 5.66. The molecule has 0 aliphatic rings. The minimum absolute atomic E-state index is 0.124. The van der Waals surface area contributed by atoms with Crippen LogP contribution in [0.5, 0.6) is 5.75 Å². The van der Waals surface area contributed by atoms with Crippen LogP contribution in [0, 0.1) is 6.92 Å². The number of carbonyl (C=O) groups is 1. The lowest BCUT2D eigenvalue weighted by Crippen LogP contribution is -2.33. The molecular weight excluding hydrogens is 298 g/mol. The molecule has 3 nitrogen and oxygen atoms in total. The van der Waals surface area contributed by atoms with Crippen LogP contribution in [0.4, 0.5) is 0 Å². The molecule has 0 aromatic heterocycles. The quantitative estimate of drug-likeness (QED) is 0.758. The Kier molecular flexibility index (Phi) is 5.84. The highest BCUT2D eigenvalue weighted by Gasteiger charge is 2.21. The van der Waals surface area contributed by atoms with Crippen molar-refractivity contribution in [1.82, 2.24) is 4.90 Å². The molecule has 0 fully saturated rings. The average Bonchev–Trinajstić information content (AvgIpc) is 2.54. The second-order valence-corrected chi connectivity index (χ2v) is 5.63. The zero-order valence-corrected chi connectivity index (χ0v) is 13.6. The van der Waals surface area contributed by atoms with Crippen LogP contribution in [0.1, 0.15) is 16.5 Å². The predicted molar refractivity (Wildman–Crippen MR) is 89.3 cm³/mol. The number of hydrogen-bond acceptors (Lipinski definition) is 2. The largest absolute Gasteiger partial charge is 0.492 e. The van der Waals surface area contributed by atoms with E-state index in [1.807, 2.05) is 61.5 Å². The van der Waals surface area contributed by atoms with Gasteiger partial charge in [-0.05, 0) is 30.2 Å². The van der Waals surface area contributed by atoms with Crippen molar-refractivity contribution in [1.29, 1.82) is 0 Å². The molecule has 2 aromatic rings. The van der Waals surface area contributed by atoms with Gasteiger partial charge in [-0.15, -0.1) is 11.6 Å². The molecule has 0 spiro atoms. The maximum atomic E-state index is 12.3. The third-order valence-corrected chi connectivity index (χ3v) is 3.81. The topological polar surface area (TPSA) is 29.5 Å². The number of ether oxygens (including phenoxy) is 1. The van der Waals surface area contributed by atoms with Crippen LogP contribution in [0.2, 0.25) is 0 Å². The Morgan fingerprint density at radius 1 is 1.18 bits per heavy atom. The summed E-state index contributed by atoms with van der Waals surface area (Å²) in [7, 11) is 1.74. The minimum Gasteiger partial charge on any atom is -0.492 e. The highest BCUT2D eigenvalue weighted by atomic mass is 35.5. The van der Waals surface area contributed by atoms with Gasteiger partial charge in [-0.25, -0.2) is 0 Å². The van der Waals surface area contributed by atoms with E-state index in [-0.39, 0.29) is 5.91 Å². The third-order valence-electron chi connectivity index (χ3n) is 3.37. The van der Waals surface area contributed by atoms with E-state index in [0.717, 1.165) is 16.9 Å². The molecule has 116 valence electrons. The number of nitrogens with zero attached hydrogens (tertiary/aromatic N) is 1. The molecule has 0 aliphatic heterocycles. The molecule has 0 saturated carbocycles. The maximum Gasteiger partial charge on any atom is 0.245 e. The number of amides is 1. The molecule has 0 bridgehead atoms. The summed E-state index contributed by atoms with van der Waals surface area (Å²) in [5.41, 5.74) is 1.95. The van der Waals surface area contributed by atoms with Gasteiger partial charge >= 0.3 is 0 Å². The number of benzene rings is 2. The first-order chi connectivity index (χ1) is 10.6. The summed E-state index contributed by atoms with van der Waals surface area (Å²) in [4.78, 5) is 13.9. The smallest absolute Gasteiger partial charge is 0.245 e. The summed E-state index contributed by atoms with van der Waals surface area (Å²) in [6.07, 6.45) is 0. The van der Waals surface area contributed by atoms with E-state index in [0.29, 0.717) is 13.2 Å². The Balaban J connectivity index is 1.84. The first-order valence-electron chi connectivity index (χ1n) is 7.21. The number of carbonyl (C=O) groups excluding carboxylic acids is 1. The molecule has 22 heavy (non-hydrogen) atoms. The zero-order valence-electron chi connectivity index (χ0n) is 12.8. The van der Waals surface area contributed by atoms with Crippen LogP contribution in [0.15, 0.2) is 54.6 Å². The van der Waals surface area contributed by atoms with Crippen molar-refractivity contribution in [2.24, 2.45) is 0 Å². The fourth-order valence-electron chi connectivity index (χ4n) is 2.07. The van der Waals surface area contributed by atoms with E-state index >= 15 is 0 Å². The third kappa shape index (κ3) is 4.50. The molecule has 0 saturated heterocycles. The molecule has 0 heterocycles. The van der Waals surface area contributed by atoms with Gasteiger partial charge in [0.2, 0.25) is 5.91 Å². The van der Waals surface area contributed by atoms with E-state index in [9.17, 15) is 4.79 Å². The monoisotopic (exact) mass is 317 g/mol. The van der Waals surface area contributed by atoms with Gasteiger partial charge in [-0.3, -0.25) is 4.79 Å². The number of alkyl halides is 1. The molecule has 2 aromatic carbocycles. The summed E-state index contributed by atoms with van der Waals surface area (Å²) >= 11 is 6.24. The Morgan fingerprint density at radius 3 is 2.59 bits per heavy atom. The Labute approximate surface area is 136 Å². The Morgan fingerprint density at radius 2 is 1.91 bits per heavy atom. The van der Waals surface area contributed by atoms with Gasteiger partial charge in [0.05, 0.1) is 6.54 Å². The highest BCUT2D eigenvalue weighted by Crippen LogP contribution is 2.22. The normalized spacial score (nSPS) is 11.8. The zero-order chi connectivity index (χ0) is 15.9. The molecular formula is C18H20ClNO2. The SMILES string of the molecule is Cc1cccc(OCCN(C)C(=O)C(Cl)c2ccccc2)c1. The van der Waals surface area contributed by atoms with Gasteiger partial charge in [0, 0.05) is 7.05 Å². The predicted octanol–water partition coefficient (Wildman–Crippen LogP) is 3.81. The summed E-state index contributed by atoms with van der Waals surface area (Å²) in [6.45, 7) is 2.94. The van der Waals surface area contributed by atoms with E-state index in [2.05, 4.69) is 0 Å². The van der Waals surface area contributed by atoms with E-state index < -0.39 is 5.38 Å². The standard InChI is InChI=1S/C18H20ClNO2/c1-14-7-6-10-16(13-14)22-12-11-20(2)18(21)17(19)15-8-4-3-5-9-15/h3-10,13,17H,11-12H2,1-2H3. The highest BCUT2D eigenvalue weighted by molar-refractivity contribution is 6.30. The van der Waals surface area contributed by atoms with Crippen LogP contribution < -0.4 is 4.74 Å². The number of halogens is 1. The van der Waals surface area contributed by atoms with Crippen LogP contribution >= 0.6 is 11.6 Å². The van der Waals surface area contributed by atoms with E-state index in [4.69, 9.17) is 16.3 Å². The van der Waals surface area contributed by atoms with Crippen LogP contribution in [-0.4, -0.2) is 31.0 Å². The van der Waals surface area contributed by atoms with Gasteiger partial charge in [0.1, 0.15) is 17.7 Å². The van der Waals surface area contributed by atoms with Crippen molar-refractivity contribution in [3.8, 4) is 5.75 Å². The Hall–Kier alpha value is -2.00. The molecule has 0 aliphatic carbocycles. The fourth-order valence-corrected chi connectivity index (χ4v) is 2.39. The molecule has 4 heteroatoms. The number of aryl methyl sites for hydroxylation is 1. The summed E-state index contributed by atoms with van der Waals surface area (Å²) in [5.74, 6) is 0.687. The second-order valence-electron chi connectivity index (χ2n) is 5.20. The number of rotatable bonds is 6. The summed E-state index contributed by atoms with van der Waals surface area (Å²) in [6, 6.07) is 17.2. The average molecular weight is 318 g/mol. The van der Waals surface area contributed by atoms with E-state index in [1.165, 1.54) is 0 Å². The molecule has 1 amide bonds. The molecule has 1 atom stereocenters. The Bertz CT molecular complexity index is 615. The van der Waals surface area contributed by atoms with Crippen LogP contribution in [0.25, 0.3) is 0 Å². The number of hydrogen-bond donors (Lipinski definition) is 0. The fraction of sp³-hybridized carbons (Fsp3) is 0.278. The van der Waals surface area contributed by atoms with Gasteiger partial charge in [0.25, 0.3) is 0 Å². The lowest BCUT2D eigenvalue weighted by atomic mass is 10.1. The molecule has 0 radical (unpaired) electrons. The van der Waals surface area contributed by atoms with Crippen LogP contribution in [-0.2, 0) is 4.79 Å². The van der Waals surface area contributed by atoms with Crippen molar-refractivity contribution in [2.75, 3.05) is 20.2 Å². The first-order valence-corrected chi connectivity index (χ1v) is 7.65. The van der Waals surface area contributed by atoms with Gasteiger partial charge in [-0.1, -0.05) is 42.5 Å². The van der Waals surface area contributed by atoms with Crippen molar-refractivity contribution < 1.29 is 9.53 Å². The van der Waals surface area contributed by atoms with Crippen LogP contribution in [0.3, 0.4) is 0 Å². The molecule has 0 N–H and O–H groups in total.